The Labute approximate surface area is 175 Å². The average Bonchev–Trinajstić information content (AvgIpc) is 2.70. The maximum absolute atomic E-state index is 11.3. The minimum Gasteiger partial charge on any atom is -0.381 e. The maximum Gasteiger partial charge on any atom is 0.191 e. The van der Waals surface area contributed by atoms with Gasteiger partial charge in [-0.15, -0.1) is 0 Å². The van der Waals surface area contributed by atoms with Crippen LogP contribution in [-0.2, 0) is 32.5 Å². The zero-order chi connectivity index (χ0) is 21.1. The van der Waals surface area contributed by atoms with Gasteiger partial charge in [0.2, 0.25) is 0 Å². The molecule has 1 aromatic carbocycles. The van der Waals surface area contributed by atoms with Crippen LogP contribution in [0.25, 0.3) is 0 Å². The number of hydrogen-bond acceptors (Lipinski definition) is 5. The van der Waals surface area contributed by atoms with Crippen LogP contribution in [0.4, 0.5) is 0 Å². The lowest BCUT2D eigenvalue weighted by Gasteiger charge is -2.22. The molecule has 0 aliphatic carbocycles. The van der Waals surface area contributed by atoms with E-state index in [2.05, 4.69) is 39.9 Å². The summed E-state index contributed by atoms with van der Waals surface area (Å²) in [5, 5.41) is 6.48. The van der Waals surface area contributed by atoms with Gasteiger partial charge in [-0.3, -0.25) is 0 Å². The lowest BCUT2D eigenvalue weighted by molar-refractivity contribution is -0.0390. The van der Waals surface area contributed by atoms with Gasteiger partial charge in [0.05, 0.1) is 25.0 Å². The monoisotopic (exact) mass is 425 g/mol. The number of benzene rings is 1. The van der Waals surface area contributed by atoms with Crippen LogP contribution in [0.3, 0.4) is 0 Å². The van der Waals surface area contributed by atoms with Crippen LogP contribution >= 0.6 is 0 Å². The van der Waals surface area contributed by atoms with Crippen molar-refractivity contribution in [1.29, 1.82) is 0 Å². The third-order valence-corrected chi connectivity index (χ3v) is 5.72. The number of aliphatic imine (C=N–C) groups is 1. The Kier molecular flexibility index (Phi) is 9.90. The Bertz CT molecular complexity index is 729. The highest BCUT2D eigenvalue weighted by molar-refractivity contribution is 7.90. The second kappa shape index (κ2) is 12.1. The number of nitrogens with one attached hydrogen (secondary N) is 2. The van der Waals surface area contributed by atoms with Gasteiger partial charge in [-0.05, 0) is 44.2 Å². The van der Waals surface area contributed by atoms with Crippen molar-refractivity contribution in [2.24, 2.45) is 4.99 Å². The van der Waals surface area contributed by atoms with Crippen LogP contribution in [0.2, 0.25) is 0 Å². The van der Waals surface area contributed by atoms with Crippen molar-refractivity contribution < 1.29 is 17.9 Å². The van der Waals surface area contributed by atoms with Gasteiger partial charge >= 0.3 is 0 Å². The third-order valence-electron chi connectivity index (χ3n) is 4.75. The average molecular weight is 426 g/mol. The molecular formula is C21H35N3O4S. The van der Waals surface area contributed by atoms with E-state index in [9.17, 15) is 8.42 Å². The highest BCUT2D eigenvalue weighted by atomic mass is 32.2. The molecule has 1 aliphatic heterocycles. The Balaban J connectivity index is 1.82. The number of rotatable bonds is 10. The lowest BCUT2D eigenvalue weighted by atomic mass is 10.1. The highest BCUT2D eigenvalue weighted by Crippen LogP contribution is 2.14. The summed E-state index contributed by atoms with van der Waals surface area (Å²) in [6.07, 6.45) is 4.04. The van der Waals surface area contributed by atoms with E-state index >= 15 is 0 Å². The van der Waals surface area contributed by atoms with Crippen molar-refractivity contribution in [2.45, 2.75) is 58.4 Å². The number of hydrogen-bond donors (Lipinski definition) is 2. The van der Waals surface area contributed by atoms with Crippen LogP contribution < -0.4 is 10.6 Å². The minimum atomic E-state index is -2.96. The second-order valence-corrected chi connectivity index (χ2v) is 9.86. The second-order valence-electron chi connectivity index (χ2n) is 7.60. The molecule has 0 spiro atoms. The predicted octanol–water partition coefficient (Wildman–Crippen LogP) is 2.26. The standard InChI is InChI=1S/C21H35N3O4S/c1-4-22-21(24-17(2)11-14-29(3,25)26)23-15-18-5-7-19(8-6-18)16-28-20-9-12-27-13-10-20/h5-8,17,20H,4,9-16H2,1-3H3,(H2,22,23,24). The van der Waals surface area contributed by atoms with Crippen LogP contribution in [0, 0.1) is 0 Å². The molecule has 1 saturated heterocycles. The third kappa shape index (κ3) is 10.1. The van der Waals surface area contributed by atoms with Crippen molar-refractivity contribution in [1.82, 2.24) is 10.6 Å². The molecule has 0 bridgehead atoms. The summed E-state index contributed by atoms with van der Waals surface area (Å²) in [7, 11) is -2.96. The van der Waals surface area contributed by atoms with Crippen molar-refractivity contribution >= 4 is 15.8 Å². The lowest BCUT2D eigenvalue weighted by Crippen LogP contribution is -2.42. The van der Waals surface area contributed by atoms with E-state index in [4.69, 9.17) is 9.47 Å². The van der Waals surface area contributed by atoms with E-state index in [1.54, 1.807) is 0 Å². The van der Waals surface area contributed by atoms with E-state index in [1.165, 1.54) is 6.26 Å². The van der Waals surface area contributed by atoms with Crippen LogP contribution in [-0.4, -0.2) is 58.3 Å². The maximum atomic E-state index is 11.3. The normalized spacial score (nSPS) is 17.1. The van der Waals surface area contributed by atoms with E-state index in [1.807, 2.05) is 13.8 Å². The fourth-order valence-electron chi connectivity index (χ4n) is 2.98. The van der Waals surface area contributed by atoms with Crippen molar-refractivity contribution in [2.75, 3.05) is 31.8 Å². The van der Waals surface area contributed by atoms with Gasteiger partial charge in [0.15, 0.2) is 5.96 Å². The quantitative estimate of drug-likeness (QED) is 0.442. The summed E-state index contributed by atoms with van der Waals surface area (Å²) >= 11 is 0. The molecular weight excluding hydrogens is 390 g/mol. The molecule has 1 heterocycles. The van der Waals surface area contributed by atoms with Crippen LogP contribution in [0.1, 0.15) is 44.2 Å². The van der Waals surface area contributed by atoms with Gasteiger partial charge in [0.1, 0.15) is 9.84 Å². The zero-order valence-corrected chi connectivity index (χ0v) is 18.6. The van der Waals surface area contributed by atoms with Gasteiger partial charge in [-0.25, -0.2) is 13.4 Å². The van der Waals surface area contributed by atoms with Crippen LogP contribution in [0.5, 0.6) is 0 Å². The molecule has 0 saturated carbocycles. The van der Waals surface area contributed by atoms with Crippen molar-refractivity contribution in [3.8, 4) is 0 Å². The number of ether oxygens (including phenoxy) is 2. The molecule has 1 unspecified atom stereocenters. The molecule has 1 aliphatic rings. The molecule has 29 heavy (non-hydrogen) atoms. The fourth-order valence-corrected chi connectivity index (χ4v) is 3.77. The summed E-state index contributed by atoms with van der Waals surface area (Å²) in [6, 6.07) is 8.33. The molecule has 0 radical (unpaired) electrons. The summed E-state index contributed by atoms with van der Waals surface area (Å²) < 4.78 is 34.0. The Morgan fingerprint density at radius 3 is 2.52 bits per heavy atom. The zero-order valence-electron chi connectivity index (χ0n) is 17.8. The molecule has 1 fully saturated rings. The highest BCUT2D eigenvalue weighted by Gasteiger charge is 2.14. The Morgan fingerprint density at radius 1 is 1.24 bits per heavy atom. The first kappa shape index (κ1) is 23.6. The van der Waals surface area contributed by atoms with Crippen LogP contribution in [0.15, 0.2) is 29.3 Å². The van der Waals surface area contributed by atoms with Crippen molar-refractivity contribution in [3.05, 3.63) is 35.4 Å². The van der Waals surface area contributed by atoms with E-state index in [-0.39, 0.29) is 11.8 Å². The first-order valence-corrected chi connectivity index (χ1v) is 12.4. The number of nitrogens with zero attached hydrogens (tertiary/aromatic N) is 1. The van der Waals surface area contributed by atoms with E-state index in [0.29, 0.717) is 31.6 Å². The summed E-state index contributed by atoms with van der Waals surface area (Å²) in [5.74, 6) is 0.860. The number of guanidine groups is 1. The Morgan fingerprint density at radius 2 is 1.90 bits per heavy atom. The van der Waals surface area contributed by atoms with Gasteiger partial charge in [-0.2, -0.15) is 0 Å². The molecule has 2 rings (SSSR count). The smallest absolute Gasteiger partial charge is 0.191 e. The number of sulfone groups is 1. The molecule has 164 valence electrons. The largest absolute Gasteiger partial charge is 0.381 e. The molecule has 1 aromatic rings. The van der Waals surface area contributed by atoms with Gasteiger partial charge < -0.3 is 20.1 Å². The van der Waals surface area contributed by atoms with E-state index in [0.717, 1.165) is 43.7 Å². The molecule has 2 N–H and O–H groups in total. The molecule has 8 heteroatoms. The first-order valence-electron chi connectivity index (χ1n) is 10.4. The summed E-state index contributed by atoms with van der Waals surface area (Å²) in [5.41, 5.74) is 2.27. The topological polar surface area (TPSA) is 89.0 Å². The SMILES string of the molecule is CCNC(=NCc1ccc(COC2CCOCC2)cc1)NC(C)CCS(C)(=O)=O. The molecule has 0 aromatic heterocycles. The summed E-state index contributed by atoms with van der Waals surface area (Å²) in [4.78, 5) is 4.62. The Hall–Kier alpha value is -1.64. The van der Waals surface area contributed by atoms with Gasteiger partial charge in [-0.1, -0.05) is 24.3 Å². The molecule has 0 amide bonds. The van der Waals surface area contributed by atoms with Crippen molar-refractivity contribution in [3.63, 3.8) is 0 Å². The molecule has 1 atom stereocenters. The van der Waals surface area contributed by atoms with E-state index < -0.39 is 9.84 Å². The first-order chi connectivity index (χ1) is 13.9. The van der Waals surface area contributed by atoms with Gasteiger partial charge in [0, 0.05) is 32.1 Å². The molecule has 7 nitrogen and oxygen atoms in total. The summed E-state index contributed by atoms with van der Waals surface area (Å²) in [6.45, 7) is 7.46. The predicted molar refractivity (Wildman–Crippen MR) is 117 cm³/mol. The minimum absolute atomic E-state index is 0.0206. The van der Waals surface area contributed by atoms with Gasteiger partial charge in [0.25, 0.3) is 0 Å². The fraction of sp³-hybridized carbons (Fsp3) is 0.667.